The number of aliphatic carboxylic acids is 1. The van der Waals surface area contributed by atoms with Crippen molar-refractivity contribution in [3.05, 3.63) is 29.8 Å². The van der Waals surface area contributed by atoms with Crippen LogP contribution in [-0.4, -0.2) is 43.9 Å². The van der Waals surface area contributed by atoms with Crippen LogP contribution in [0.15, 0.2) is 24.3 Å². The van der Waals surface area contributed by atoms with Gasteiger partial charge < -0.3 is 15.2 Å². The van der Waals surface area contributed by atoms with Crippen LogP contribution < -0.4 is 10.2 Å². The van der Waals surface area contributed by atoms with Crippen LogP contribution in [0.25, 0.3) is 0 Å². The molecule has 0 saturated carbocycles. The molecule has 0 spiro atoms. The van der Waals surface area contributed by atoms with Crippen molar-refractivity contribution in [2.24, 2.45) is 0 Å². The normalized spacial score (nSPS) is 10.0. The lowest BCUT2D eigenvalue weighted by Crippen LogP contribution is -2.39. The second-order valence-electron chi connectivity index (χ2n) is 4.07. The predicted octanol–water partition coefficient (Wildman–Crippen LogP) is 1.24. The van der Waals surface area contributed by atoms with E-state index in [1.807, 2.05) is 31.2 Å². The number of hydrogen-bond donors (Lipinski definition) is 2. The molecular weight excluding hydrogens is 248 g/mol. The highest BCUT2D eigenvalue weighted by molar-refractivity contribution is 5.91. The Morgan fingerprint density at radius 2 is 1.95 bits per heavy atom. The molecular formula is C13H18N2O4. The van der Waals surface area contributed by atoms with Gasteiger partial charge in [0.25, 0.3) is 0 Å². The summed E-state index contributed by atoms with van der Waals surface area (Å²) in [7, 11) is 1.66. The molecule has 0 fully saturated rings. The van der Waals surface area contributed by atoms with E-state index in [1.54, 1.807) is 7.05 Å². The van der Waals surface area contributed by atoms with Crippen LogP contribution in [-0.2, 0) is 9.53 Å². The minimum absolute atomic E-state index is 0.166. The van der Waals surface area contributed by atoms with Gasteiger partial charge in [0.1, 0.15) is 6.61 Å². The third-order valence-electron chi connectivity index (χ3n) is 2.47. The summed E-state index contributed by atoms with van der Waals surface area (Å²) in [4.78, 5) is 23.4. The Bertz CT molecular complexity index is 431. The molecule has 2 amide bonds. The van der Waals surface area contributed by atoms with Crippen LogP contribution in [0.4, 0.5) is 10.5 Å². The maximum absolute atomic E-state index is 11.8. The van der Waals surface area contributed by atoms with E-state index in [4.69, 9.17) is 9.84 Å². The summed E-state index contributed by atoms with van der Waals surface area (Å²) < 4.78 is 4.81. The molecule has 104 valence electrons. The van der Waals surface area contributed by atoms with Gasteiger partial charge in [0, 0.05) is 19.3 Å². The molecule has 19 heavy (non-hydrogen) atoms. The number of hydrogen-bond acceptors (Lipinski definition) is 3. The Balaban J connectivity index is 2.32. The third-order valence-corrected chi connectivity index (χ3v) is 2.47. The van der Waals surface area contributed by atoms with Gasteiger partial charge in [0.15, 0.2) is 0 Å². The lowest BCUT2D eigenvalue weighted by atomic mass is 10.2. The van der Waals surface area contributed by atoms with Gasteiger partial charge in [-0.25, -0.2) is 9.59 Å². The molecule has 0 aromatic heterocycles. The number of carboxylic acid groups (broad SMARTS) is 1. The van der Waals surface area contributed by atoms with Crippen molar-refractivity contribution < 1.29 is 19.4 Å². The monoisotopic (exact) mass is 266 g/mol. The van der Waals surface area contributed by atoms with Crippen LogP contribution in [0.5, 0.6) is 0 Å². The summed E-state index contributed by atoms with van der Waals surface area (Å²) in [5.74, 6) is -1.02. The number of nitrogens with zero attached hydrogens (tertiary/aromatic N) is 1. The number of benzene rings is 1. The van der Waals surface area contributed by atoms with Crippen molar-refractivity contribution in [2.45, 2.75) is 6.92 Å². The number of ether oxygens (including phenoxy) is 1. The van der Waals surface area contributed by atoms with Gasteiger partial charge >= 0.3 is 12.0 Å². The van der Waals surface area contributed by atoms with Gasteiger partial charge in [-0.3, -0.25) is 4.90 Å². The van der Waals surface area contributed by atoms with Gasteiger partial charge in [-0.1, -0.05) is 17.7 Å². The molecule has 0 aliphatic heterocycles. The molecule has 0 heterocycles. The lowest BCUT2D eigenvalue weighted by molar-refractivity contribution is -0.142. The largest absolute Gasteiger partial charge is 0.480 e. The zero-order chi connectivity index (χ0) is 14.3. The summed E-state index contributed by atoms with van der Waals surface area (Å²) in [5, 5.41) is 11.0. The first kappa shape index (κ1) is 15.0. The standard InChI is InChI=1S/C13H18N2O4/c1-10-3-5-11(6-4-10)15(2)13(18)14-7-8-19-9-12(16)17/h3-6H,7-9H2,1-2H3,(H,14,18)(H,16,17). The van der Waals surface area contributed by atoms with E-state index in [1.165, 1.54) is 4.90 Å². The maximum Gasteiger partial charge on any atom is 0.329 e. The molecule has 0 unspecified atom stereocenters. The summed E-state index contributed by atoms with van der Waals surface area (Å²) in [5.41, 5.74) is 1.91. The van der Waals surface area contributed by atoms with Crippen LogP contribution in [0, 0.1) is 6.92 Å². The molecule has 0 aliphatic rings. The number of rotatable bonds is 6. The second-order valence-corrected chi connectivity index (χ2v) is 4.07. The van der Waals surface area contributed by atoms with Gasteiger partial charge in [-0.05, 0) is 19.1 Å². The summed E-state index contributed by atoms with van der Waals surface area (Å²) >= 11 is 0. The smallest absolute Gasteiger partial charge is 0.329 e. The van der Waals surface area contributed by atoms with E-state index in [9.17, 15) is 9.59 Å². The van der Waals surface area contributed by atoms with E-state index < -0.39 is 5.97 Å². The zero-order valence-electron chi connectivity index (χ0n) is 11.0. The molecule has 0 saturated heterocycles. The Kier molecular flexibility index (Phi) is 5.81. The average molecular weight is 266 g/mol. The predicted molar refractivity (Wildman–Crippen MR) is 71.4 cm³/mol. The number of carbonyl (C=O) groups is 2. The zero-order valence-corrected chi connectivity index (χ0v) is 11.0. The van der Waals surface area contributed by atoms with E-state index >= 15 is 0 Å². The van der Waals surface area contributed by atoms with Crippen LogP contribution in [0.3, 0.4) is 0 Å². The van der Waals surface area contributed by atoms with Crippen LogP contribution in [0.2, 0.25) is 0 Å². The fourth-order valence-corrected chi connectivity index (χ4v) is 1.39. The van der Waals surface area contributed by atoms with Crippen molar-refractivity contribution >= 4 is 17.7 Å². The third kappa shape index (κ3) is 5.39. The SMILES string of the molecule is Cc1ccc(N(C)C(=O)NCCOCC(=O)O)cc1. The first-order valence-corrected chi connectivity index (χ1v) is 5.88. The summed E-state index contributed by atoms with van der Waals surface area (Å²) in [6, 6.07) is 7.30. The molecule has 6 nitrogen and oxygen atoms in total. The average Bonchev–Trinajstić information content (AvgIpc) is 2.37. The van der Waals surface area contributed by atoms with Crippen LogP contribution in [0.1, 0.15) is 5.56 Å². The number of nitrogens with one attached hydrogen (secondary N) is 1. The number of amides is 2. The molecule has 0 atom stereocenters. The fraction of sp³-hybridized carbons (Fsp3) is 0.385. The van der Waals surface area contributed by atoms with E-state index in [-0.39, 0.29) is 25.8 Å². The number of carboxylic acids is 1. The van der Waals surface area contributed by atoms with Gasteiger partial charge in [-0.15, -0.1) is 0 Å². The Morgan fingerprint density at radius 1 is 1.32 bits per heavy atom. The summed E-state index contributed by atoms with van der Waals surface area (Å²) in [6.07, 6.45) is 0. The minimum Gasteiger partial charge on any atom is -0.480 e. The minimum atomic E-state index is -1.02. The lowest BCUT2D eigenvalue weighted by Gasteiger charge is -2.18. The number of urea groups is 1. The van der Waals surface area contributed by atoms with Crippen molar-refractivity contribution in [1.82, 2.24) is 5.32 Å². The van der Waals surface area contributed by atoms with Gasteiger partial charge in [-0.2, -0.15) is 0 Å². The molecule has 2 N–H and O–H groups in total. The van der Waals surface area contributed by atoms with Gasteiger partial charge in [0.05, 0.1) is 6.61 Å². The van der Waals surface area contributed by atoms with E-state index in [2.05, 4.69) is 5.32 Å². The van der Waals surface area contributed by atoms with E-state index in [0.717, 1.165) is 11.3 Å². The van der Waals surface area contributed by atoms with Crippen molar-refractivity contribution in [3.63, 3.8) is 0 Å². The number of aryl methyl sites for hydroxylation is 1. The molecule has 6 heteroatoms. The topological polar surface area (TPSA) is 78.9 Å². The first-order chi connectivity index (χ1) is 9.00. The Labute approximate surface area is 112 Å². The van der Waals surface area contributed by atoms with Gasteiger partial charge in [0.2, 0.25) is 0 Å². The van der Waals surface area contributed by atoms with Crippen molar-refractivity contribution in [3.8, 4) is 0 Å². The fourth-order valence-electron chi connectivity index (χ4n) is 1.39. The molecule has 1 aromatic rings. The Hall–Kier alpha value is -2.08. The molecule has 0 bridgehead atoms. The first-order valence-electron chi connectivity index (χ1n) is 5.88. The highest BCUT2D eigenvalue weighted by atomic mass is 16.5. The molecule has 0 radical (unpaired) electrons. The number of anilines is 1. The molecule has 1 rings (SSSR count). The van der Waals surface area contributed by atoms with Crippen molar-refractivity contribution in [2.75, 3.05) is 31.7 Å². The maximum atomic E-state index is 11.8. The molecule has 0 aliphatic carbocycles. The van der Waals surface area contributed by atoms with Crippen molar-refractivity contribution in [1.29, 1.82) is 0 Å². The number of carbonyl (C=O) groups excluding carboxylic acids is 1. The Morgan fingerprint density at radius 3 is 2.53 bits per heavy atom. The highest BCUT2D eigenvalue weighted by Crippen LogP contribution is 2.13. The molecule has 1 aromatic carbocycles. The highest BCUT2D eigenvalue weighted by Gasteiger charge is 2.09. The summed E-state index contributed by atoms with van der Waals surface area (Å²) in [6.45, 7) is 2.05. The second kappa shape index (κ2) is 7.38. The quantitative estimate of drug-likeness (QED) is 0.759. The van der Waals surface area contributed by atoms with E-state index in [0.29, 0.717) is 0 Å². The van der Waals surface area contributed by atoms with Crippen LogP contribution >= 0.6 is 0 Å².